The number of rotatable bonds is 6. The molecule has 0 aliphatic heterocycles. The molecule has 172 valence electrons. The van der Waals surface area contributed by atoms with Gasteiger partial charge in [-0.3, -0.25) is 4.79 Å². The van der Waals surface area contributed by atoms with Gasteiger partial charge in [0.15, 0.2) is 5.78 Å². The first-order valence-electron chi connectivity index (χ1n) is 10.7. The minimum Gasteiger partial charge on any atom is -0.298 e. The van der Waals surface area contributed by atoms with Crippen LogP contribution in [0.1, 0.15) is 57.9 Å². The zero-order chi connectivity index (χ0) is 22.8. The van der Waals surface area contributed by atoms with E-state index >= 15 is 0 Å². The van der Waals surface area contributed by atoms with E-state index in [-0.39, 0.29) is 24.2 Å². The average Bonchev–Trinajstić information content (AvgIpc) is 2.62. The number of sulfonamides is 1. The summed E-state index contributed by atoms with van der Waals surface area (Å²) >= 11 is 0. The van der Waals surface area contributed by atoms with E-state index in [2.05, 4.69) is 4.72 Å². The van der Waals surface area contributed by atoms with Crippen molar-refractivity contribution in [2.75, 3.05) is 0 Å². The van der Waals surface area contributed by atoms with E-state index in [1.54, 1.807) is 0 Å². The van der Waals surface area contributed by atoms with Crippen LogP contribution in [0.15, 0.2) is 23.1 Å². The number of benzene rings is 1. The fraction of sp³-hybridized carbons (Fsp3) is 0.682. The Morgan fingerprint density at radius 3 is 2.10 bits per heavy atom. The molecule has 4 nitrogen and oxygen atoms in total. The van der Waals surface area contributed by atoms with Gasteiger partial charge in [-0.05, 0) is 93.7 Å². The number of halogens is 4. The van der Waals surface area contributed by atoms with Crippen molar-refractivity contribution in [3.63, 3.8) is 0 Å². The van der Waals surface area contributed by atoms with Crippen LogP contribution in [0.2, 0.25) is 0 Å². The van der Waals surface area contributed by atoms with Crippen molar-refractivity contribution >= 4 is 15.8 Å². The molecule has 0 radical (unpaired) electrons. The maximum atomic E-state index is 13.4. The van der Waals surface area contributed by atoms with Crippen molar-refractivity contribution in [2.45, 2.75) is 69.0 Å². The third-order valence-corrected chi connectivity index (χ3v) is 9.18. The Morgan fingerprint density at radius 1 is 1.03 bits per heavy atom. The lowest BCUT2D eigenvalue weighted by atomic mass is 9.51. The van der Waals surface area contributed by atoms with Crippen LogP contribution in [0.4, 0.5) is 17.6 Å². The SMILES string of the molecule is CC(C)(NS(=O)(=O)c1ccc(F)cc1C(F)(F)F)C(=O)CC1C2CC3CC(C2)CC1C3. The van der Waals surface area contributed by atoms with Gasteiger partial charge in [-0.15, -0.1) is 0 Å². The van der Waals surface area contributed by atoms with Gasteiger partial charge in [0, 0.05) is 6.42 Å². The normalized spacial score (nSPS) is 30.6. The summed E-state index contributed by atoms with van der Waals surface area (Å²) in [4.78, 5) is 12.0. The molecule has 0 saturated heterocycles. The molecular formula is C22H27F4NO3S. The van der Waals surface area contributed by atoms with Crippen LogP contribution < -0.4 is 4.72 Å². The number of ketones is 1. The van der Waals surface area contributed by atoms with Crippen LogP contribution in [-0.4, -0.2) is 19.7 Å². The molecule has 0 amide bonds. The molecule has 4 saturated carbocycles. The summed E-state index contributed by atoms with van der Waals surface area (Å²) in [7, 11) is -4.71. The fourth-order valence-electron chi connectivity index (χ4n) is 6.25. The molecule has 1 N–H and O–H groups in total. The average molecular weight is 462 g/mol. The Balaban J connectivity index is 1.52. The predicted molar refractivity (Wildman–Crippen MR) is 106 cm³/mol. The standard InChI is InChI=1S/C22H27F4NO3S/c1-21(2,20(28)11-17-14-6-12-5-13(8-14)9-15(17)7-12)27-31(29,30)19-4-3-16(23)10-18(19)22(24,25)26/h3-4,10,12-15,17,27H,5-9,11H2,1-2H3. The van der Waals surface area contributed by atoms with Gasteiger partial charge in [0.25, 0.3) is 0 Å². The second-order valence-electron chi connectivity index (χ2n) is 10.1. The highest BCUT2D eigenvalue weighted by Crippen LogP contribution is 2.57. The van der Waals surface area contributed by atoms with Gasteiger partial charge in [-0.2, -0.15) is 17.9 Å². The van der Waals surface area contributed by atoms with Crippen molar-refractivity contribution < 1.29 is 30.8 Å². The fourth-order valence-corrected chi connectivity index (χ4v) is 7.85. The number of carbonyl (C=O) groups excluding carboxylic acids is 1. The summed E-state index contributed by atoms with van der Waals surface area (Å²) < 4.78 is 81.0. The number of nitrogens with one attached hydrogen (secondary N) is 1. The summed E-state index contributed by atoms with van der Waals surface area (Å²) in [5.41, 5.74) is -3.17. The van der Waals surface area contributed by atoms with Gasteiger partial charge in [0.2, 0.25) is 10.0 Å². The molecule has 1 aromatic rings. The number of hydrogen-bond donors (Lipinski definition) is 1. The summed E-state index contributed by atoms with van der Waals surface area (Å²) in [5, 5.41) is 0. The van der Waals surface area contributed by atoms with Gasteiger partial charge >= 0.3 is 6.18 Å². The van der Waals surface area contributed by atoms with Gasteiger partial charge in [-0.1, -0.05) is 0 Å². The van der Waals surface area contributed by atoms with E-state index < -0.39 is 38.0 Å². The molecule has 4 fully saturated rings. The third kappa shape index (κ3) is 4.40. The monoisotopic (exact) mass is 461 g/mol. The van der Waals surface area contributed by atoms with Crippen LogP contribution in [-0.2, 0) is 21.0 Å². The number of hydrogen-bond acceptors (Lipinski definition) is 3. The quantitative estimate of drug-likeness (QED) is 0.611. The minimum absolute atomic E-state index is 0.151. The molecule has 0 unspecified atom stereocenters. The molecule has 0 aromatic heterocycles. The van der Waals surface area contributed by atoms with Crippen molar-refractivity contribution in [3.05, 3.63) is 29.6 Å². The van der Waals surface area contributed by atoms with E-state index in [9.17, 15) is 30.8 Å². The Morgan fingerprint density at radius 2 is 1.58 bits per heavy atom. The number of alkyl halides is 3. The van der Waals surface area contributed by atoms with Crippen LogP contribution in [0.25, 0.3) is 0 Å². The summed E-state index contributed by atoms with van der Waals surface area (Å²) in [6.45, 7) is 2.75. The lowest BCUT2D eigenvalue weighted by molar-refractivity contribution is -0.140. The molecule has 0 heterocycles. The van der Waals surface area contributed by atoms with E-state index in [0.29, 0.717) is 24.0 Å². The molecule has 0 spiro atoms. The van der Waals surface area contributed by atoms with E-state index in [1.807, 2.05) is 0 Å². The van der Waals surface area contributed by atoms with Crippen LogP contribution >= 0.6 is 0 Å². The summed E-state index contributed by atoms with van der Waals surface area (Å²) in [5.74, 6) is 1.11. The van der Waals surface area contributed by atoms with E-state index in [1.165, 1.54) is 20.3 Å². The first-order chi connectivity index (χ1) is 14.3. The Kier molecular flexibility index (Phi) is 5.52. The number of carbonyl (C=O) groups is 1. The molecule has 4 aliphatic carbocycles. The van der Waals surface area contributed by atoms with E-state index in [0.717, 1.165) is 37.5 Å². The molecule has 5 rings (SSSR count). The lowest BCUT2D eigenvalue weighted by Gasteiger charge is -2.54. The molecule has 4 bridgehead atoms. The first-order valence-corrected chi connectivity index (χ1v) is 12.2. The topological polar surface area (TPSA) is 63.2 Å². The zero-order valence-corrected chi connectivity index (χ0v) is 18.3. The second kappa shape index (κ2) is 7.54. The van der Waals surface area contributed by atoms with Crippen molar-refractivity contribution in [2.24, 2.45) is 29.6 Å². The van der Waals surface area contributed by atoms with Crippen LogP contribution in [0.3, 0.4) is 0 Å². The maximum Gasteiger partial charge on any atom is 0.417 e. The van der Waals surface area contributed by atoms with Gasteiger partial charge in [0.1, 0.15) is 5.82 Å². The molecule has 31 heavy (non-hydrogen) atoms. The highest BCUT2D eigenvalue weighted by Gasteiger charge is 2.49. The molecule has 0 atom stereocenters. The molecule has 4 aliphatic rings. The third-order valence-electron chi connectivity index (χ3n) is 7.47. The largest absolute Gasteiger partial charge is 0.417 e. The van der Waals surface area contributed by atoms with Crippen molar-refractivity contribution in [3.8, 4) is 0 Å². The van der Waals surface area contributed by atoms with E-state index in [4.69, 9.17) is 0 Å². The smallest absolute Gasteiger partial charge is 0.298 e. The van der Waals surface area contributed by atoms with Crippen molar-refractivity contribution in [1.29, 1.82) is 0 Å². The predicted octanol–water partition coefficient (Wildman–Crippen LogP) is 4.93. The Bertz CT molecular complexity index is 959. The van der Waals surface area contributed by atoms with Crippen molar-refractivity contribution in [1.82, 2.24) is 4.72 Å². The van der Waals surface area contributed by atoms with Gasteiger partial charge in [0.05, 0.1) is 16.0 Å². The number of Topliss-reactive ketones (excluding diaryl/α,β-unsaturated/α-hetero) is 1. The highest BCUT2D eigenvalue weighted by atomic mass is 32.2. The van der Waals surface area contributed by atoms with Gasteiger partial charge < -0.3 is 0 Å². The molecule has 9 heteroatoms. The Hall–Kier alpha value is -1.48. The van der Waals surface area contributed by atoms with Crippen LogP contribution in [0.5, 0.6) is 0 Å². The molecular weight excluding hydrogens is 434 g/mol. The molecule has 1 aromatic carbocycles. The second-order valence-corrected chi connectivity index (χ2v) is 11.7. The zero-order valence-electron chi connectivity index (χ0n) is 17.5. The lowest BCUT2D eigenvalue weighted by Crippen LogP contribution is -2.52. The van der Waals surface area contributed by atoms with Gasteiger partial charge in [-0.25, -0.2) is 12.8 Å². The highest BCUT2D eigenvalue weighted by molar-refractivity contribution is 7.89. The maximum absolute atomic E-state index is 13.4. The summed E-state index contributed by atoms with van der Waals surface area (Å²) in [6, 6.07) is 1.39. The summed E-state index contributed by atoms with van der Waals surface area (Å²) in [6.07, 6.45) is 0.894. The van der Waals surface area contributed by atoms with Crippen LogP contribution in [0, 0.1) is 35.4 Å². The minimum atomic E-state index is -5.05. The first kappa shape index (κ1) is 22.7. The Labute approximate surface area is 179 Å².